The van der Waals surface area contributed by atoms with Gasteiger partial charge in [0, 0.05) is 47.9 Å². The zero-order chi connectivity index (χ0) is 41.7. The fourth-order valence-electron chi connectivity index (χ4n) is 10.6. The van der Waals surface area contributed by atoms with Gasteiger partial charge in [0.05, 0.1) is 5.69 Å². The monoisotopic (exact) mass is 811 g/mol. The van der Waals surface area contributed by atoms with Gasteiger partial charge in [0.2, 0.25) is 0 Å². The van der Waals surface area contributed by atoms with Crippen molar-refractivity contribution in [1.82, 2.24) is 0 Å². The van der Waals surface area contributed by atoms with Gasteiger partial charge in [-0.3, -0.25) is 0 Å². The molecule has 1 nitrogen and oxygen atoms in total. The predicted octanol–water partition coefficient (Wildman–Crippen LogP) is 17.1. The molecular weight excluding hydrogens is 767 g/mol. The smallest absolute Gasteiger partial charge is 0.0636 e. The van der Waals surface area contributed by atoms with E-state index in [0.29, 0.717) is 0 Å². The zero-order valence-electron chi connectivity index (χ0n) is 35.4. The molecule has 0 radical (unpaired) electrons. The Morgan fingerprint density at radius 3 is 1.56 bits per heavy atom. The van der Waals surface area contributed by atoms with Crippen molar-refractivity contribution in [3.8, 4) is 55.6 Å². The predicted molar refractivity (Wildman–Crippen MR) is 265 cm³/mol. The first kappa shape index (κ1) is 36.8. The summed E-state index contributed by atoms with van der Waals surface area (Å²) in [5.41, 5.74) is 21.3. The second kappa shape index (κ2) is 13.8. The van der Waals surface area contributed by atoms with E-state index in [4.69, 9.17) is 0 Å². The van der Waals surface area contributed by atoms with Crippen molar-refractivity contribution in [2.45, 2.75) is 38.5 Å². The summed E-state index contributed by atoms with van der Waals surface area (Å²) in [5.74, 6) is 0. The number of benzene rings is 9. The SMILES string of the molecule is CC1(C)c2ccccc2-c2ccc(N(c3ccc(-c4ccc(-c5ccccc5)cc4)cc3)c3c4c(cc5sc6ccccc6c35)C(C)(C)c3cc(-c5ccccc5)ccc3-4)cc21. The molecular formula is C60H45NS. The van der Waals surface area contributed by atoms with E-state index in [2.05, 4.69) is 233 Å². The van der Waals surface area contributed by atoms with Crippen molar-refractivity contribution >= 4 is 48.6 Å². The van der Waals surface area contributed by atoms with E-state index in [1.807, 2.05) is 11.3 Å². The third-order valence-electron chi connectivity index (χ3n) is 13.9. The molecule has 9 aromatic carbocycles. The van der Waals surface area contributed by atoms with Crippen molar-refractivity contribution in [2.75, 3.05) is 4.90 Å². The van der Waals surface area contributed by atoms with Crippen molar-refractivity contribution in [3.63, 3.8) is 0 Å². The molecule has 0 saturated heterocycles. The lowest BCUT2D eigenvalue weighted by atomic mass is 9.81. The molecule has 0 bridgehead atoms. The fraction of sp³-hybridized carbons (Fsp3) is 0.100. The van der Waals surface area contributed by atoms with Crippen LogP contribution in [0.3, 0.4) is 0 Å². The Morgan fingerprint density at radius 2 is 0.855 bits per heavy atom. The highest BCUT2D eigenvalue weighted by molar-refractivity contribution is 7.26. The van der Waals surface area contributed by atoms with Crippen LogP contribution in [0.15, 0.2) is 200 Å². The van der Waals surface area contributed by atoms with Crippen LogP contribution in [-0.4, -0.2) is 0 Å². The minimum Gasteiger partial charge on any atom is -0.309 e. The number of hydrogen-bond donors (Lipinski definition) is 0. The van der Waals surface area contributed by atoms with Gasteiger partial charge in [0.15, 0.2) is 0 Å². The van der Waals surface area contributed by atoms with Gasteiger partial charge in [-0.2, -0.15) is 0 Å². The van der Waals surface area contributed by atoms with Crippen LogP contribution in [0.25, 0.3) is 75.8 Å². The molecule has 1 heterocycles. The number of hydrogen-bond acceptors (Lipinski definition) is 2. The van der Waals surface area contributed by atoms with Crippen molar-refractivity contribution in [2.24, 2.45) is 0 Å². The molecule has 296 valence electrons. The highest BCUT2D eigenvalue weighted by atomic mass is 32.1. The Kier molecular flexibility index (Phi) is 8.17. The highest BCUT2D eigenvalue weighted by Gasteiger charge is 2.41. The third kappa shape index (κ3) is 5.53. The molecule has 2 aliphatic carbocycles. The minimum atomic E-state index is -0.225. The van der Waals surface area contributed by atoms with E-state index < -0.39 is 0 Å². The van der Waals surface area contributed by atoms with Gasteiger partial charge in [-0.05, 0) is 115 Å². The summed E-state index contributed by atoms with van der Waals surface area (Å²) < 4.78 is 2.63. The zero-order valence-corrected chi connectivity index (χ0v) is 36.2. The number of anilines is 3. The van der Waals surface area contributed by atoms with Crippen LogP contribution in [0.1, 0.15) is 49.9 Å². The van der Waals surface area contributed by atoms with Crippen molar-refractivity contribution in [1.29, 1.82) is 0 Å². The number of nitrogens with zero attached hydrogens (tertiary/aromatic N) is 1. The Hall–Kier alpha value is -7.00. The van der Waals surface area contributed by atoms with Gasteiger partial charge in [0.25, 0.3) is 0 Å². The normalized spacial score (nSPS) is 14.1. The molecule has 0 amide bonds. The molecule has 0 atom stereocenters. The topological polar surface area (TPSA) is 3.24 Å². The molecule has 0 N–H and O–H groups in total. The van der Waals surface area contributed by atoms with E-state index in [0.717, 1.165) is 5.69 Å². The largest absolute Gasteiger partial charge is 0.309 e. The first-order valence-electron chi connectivity index (χ1n) is 21.8. The Morgan fingerprint density at radius 1 is 0.355 bits per heavy atom. The average molecular weight is 812 g/mol. The highest BCUT2D eigenvalue weighted by Crippen LogP contribution is 2.60. The molecule has 62 heavy (non-hydrogen) atoms. The molecule has 12 rings (SSSR count). The summed E-state index contributed by atoms with van der Waals surface area (Å²) in [7, 11) is 0. The Labute approximate surface area is 368 Å². The molecule has 10 aromatic rings. The van der Waals surface area contributed by atoms with Crippen LogP contribution < -0.4 is 4.90 Å². The lowest BCUT2D eigenvalue weighted by molar-refractivity contribution is 0.660. The first-order valence-corrected chi connectivity index (χ1v) is 22.6. The quantitative estimate of drug-likeness (QED) is 0.162. The molecule has 0 unspecified atom stereocenters. The van der Waals surface area contributed by atoms with Crippen LogP contribution in [0.4, 0.5) is 17.1 Å². The average Bonchev–Trinajstić information content (AvgIpc) is 3.89. The van der Waals surface area contributed by atoms with Gasteiger partial charge < -0.3 is 4.90 Å². The van der Waals surface area contributed by atoms with Crippen LogP contribution >= 0.6 is 11.3 Å². The van der Waals surface area contributed by atoms with Gasteiger partial charge in [-0.15, -0.1) is 11.3 Å². The first-order chi connectivity index (χ1) is 30.3. The lowest BCUT2D eigenvalue weighted by Crippen LogP contribution is -2.18. The maximum absolute atomic E-state index is 2.60. The van der Waals surface area contributed by atoms with Gasteiger partial charge in [-0.1, -0.05) is 185 Å². The molecule has 0 aliphatic heterocycles. The molecule has 0 spiro atoms. The van der Waals surface area contributed by atoms with Crippen LogP contribution in [0.2, 0.25) is 0 Å². The third-order valence-corrected chi connectivity index (χ3v) is 15.0. The van der Waals surface area contributed by atoms with Crippen molar-refractivity contribution < 1.29 is 0 Å². The summed E-state index contributed by atoms with van der Waals surface area (Å²) in [6.45, 7) is 9.62. The van der Waals surface area contributed by atoms with E-state index in [9.17, 15) is 0 Å². The molecule has 0 fully saturated rings. The van der Waals surface area contributed by atoms with Gasteiger partial charge >= 0.3 is 0 Å². The summed E-state index contributed by atoms with van der Waals surface area (Å²) in [5, 5.41) is 2.61. The van der Waals surface area contributed by atoms with Gasteiger partial charge in [-0.25, -0.2) is 0 Å². The summed E-state index contributed by atoms with van der Waals surface area (Å²) in [4.78, 5) is 2.60. The summed E-state index contributed by atoms with van der Waals surface area (Å²) >= 11 is 1.91. The van der Waals surface area contributed by atoms with E-state index in [-0.39, 0.29) is 10.8 Å². The second-order valence-corrected chi connectivity index (χ2v) is 19.2. The van der Waals surface area contributed by atoms with E-state index in [1.165, 1.54) is 109 Å². The molecule has 2 heteroatoms. The maximum atomic E-state index is 2.60. The van der Waals surface area contributed by atoms with Crippen molar-refractivity contribution in [3.05, 3.63) is 222 Å². The summed E-state index contributed by atoms with van der Waals surface area (Å²) in [6.07, 6.45) is 0. The lowest BCUT2D eigenvalue weighted by Gasteiger charge is -2.31. The van der Waals surface area contributed by atoms with E-state index >= 15 is 0 Å². The Bertz CT molecular complexity index is 3370. The number of rotatable bonds is 6. The van der Waals surface area contributed by atoms with Crippen LogP contribution in [0.5, 0.6) is 0 Å². The fourth-order valence-corrected chi connectivity index (χ4v) is 11.8. The number of thiophene rings is 1. The summed E-state index contributed by atoms with van der Waals surface area (Å²) in [6, 6.07) is 74.6. The minimum absolute atomic E-state index is 0.144. The number of fused-ring (bicyclic) bond motifs is 9. The standard InChI is InChI=1S/C60H45NS/c1-59(2)50-21-13-11-19-46(50)47-34-32-45(36-52(47)59)61(44-30-27-42(28-31-44)41-25-23-40(24-26-41)38-15-7-5-8-16-38)58-56-48-33-29-43(39-17-9-6-10-18-39)35-51(48)60(3,4)53(56)37-55-57(58)49-20-12-14-22-54(49)62-55/h5-37H,1-4H3. The molecule has 1 aromatic heterocycles. The molecule has 0 saturated carbocycles. The van der Waals surface area contributed by atoms with Crippen LogP contribution in [0, 0.1) is 0 Å². The van der Waals surface area contributed by atoms with Crippen LogP contribution in [-0.2, 0) is 10.8 Å². The Balaban J connectivity index is 1.11. The maximum Gasteiger partial charge on any atom is 0.0636 e. The second-order valence-electron chi connectivity index (χ2n) is 18.1. The molecule has 2 aliphatic rings. The van der Waals surface area contributed by atoms with E-state index in [1.54, 1.807) is 0 Å². The van der Waals surface area contributed by atoms with Gasteiger partial charge in [0.1, 0.15) is 0 Å².